The largest absolute Gasteiger partial charge is 0.508 e. The molecule has 0 fully saturated rings. The second kappa shape index (κ2) is 3.06. The fourth-order valence-corrected chi connectivity index (χ4v) is 1.83. The molecule has 0 spiro atoms. The molecular formula is C12H8N2O2. The van der Waals surface area contributed by atoms with Crippen molar-refractivity contribution >= 4 is 21.8 Å². The highest BCUT2D eigenvalue weighted by Gasteiger charge is 2.05. The molecule has 0 radical (unpaired) electrons. The van der Waals surface area contributed by atoms with Gasteiger partial charge in [-0.3, -0.25) is 9.78 Å². The summed E-state index contributed by atoms with van der Waals surface area (Å²) in [6.45, 7) is 0. The average molecular weight is 212 g/mol. The average Bonchev–Trinajstić information content (AvgIpc) is 2.31. The number of phenolic OH excluding ortho intramolecular Hbond substituents is 1. The van der Waals surface area contributed by atoms with Crippen molar-refractivity contribution in [2.45, 2.75) is 0 Å². The molecule has 0 saturated carbocycles. The van der Waals surface area contributed by atoms with E-state index >= 15 is 0 Å². The number of nitrogens with zero attached hydrogens (tertiary/aromatic N) is 1. The van der Waals surface area contributed by atoms with Crippen LogP contribution in [0.25, 0.3) is 21.8 Å². The molecule has 0 aliphatic heterocycles. The Morgan fingerprint density at radius 1 is 1.19 bits per heavy atom. The lowest BCUT2D eigenvalue weighted by Gasteiger charge is -2.02. The Morgan fingerprint density at radius 3 is 2.94 bits per heavy atom. The Balaban J connectivity index is 2.66. The predicted octanol–water partition coefficient (Wildman–Crippen LogP) is 1.78. The second-order valence-electron chi connectivity index (χ2n) is 3.58. The van der Waals surface area contributed by atoms with Gasteiger partial charge < -0.3 is 10.1 Å². The Labute approximate surface area is 90.2 Å². The summed E-state index contributed by atoms with van der Waals surface area (Å²) in [6.07, 6.45) is 1.63. The minimum Gasteiger partial charge on any atom is -0.508 e. The van der Waals surface area contributed by atoms with Gasteiger partial charge in [0.2, 0.25) is 0 Å². The number of benzene rings is 1. The first-order valence-electron chi connectivity index (χ1n) is 4.85. The van der Waals surface area contributed by atoms with Crippen LogP contribution in [0.2, 0.25) is 0 Å². The molecule has 0 aliphatic rings. The van der Waals surface area contributed by atoms with Crippen LogP contribution >= 0.6 is 0 Å². The van der Waals surface area contributed by atoms with Gasteiger partial charge in [-0.25, -0.2) is 0 Å². The number of aromatic hydroxyl groups is 1. The van der Waals surface area contributed by atoms with Crippen molar-refractivity contribution in [3.05, 3.63) is 46.9 Å². The monoisotopic (exact) mass is 212 g/mol. The fourth-order valence-electron chi connectivity index (χ4n) is 1.83. The van der Waals surface area contributed by atoms with Gasteiger partial charge in [-0.05, 0) is 30.3 Å². The lowest BCUT2D eigenvalue weighted by molar-refractivity contribution is 0.476. The van der Waals surface area contributed by atoms with E-state index in [4.69, 9.17) is 0 Å². The highest BCUT2D eigenvalue weighted by Crippen LogP contribution is 2.22. The summed E-state index contributed by atoms with van der Waals surface area (Å²) in [5.74, 6) is 0.159. The topological polar surface area (TPSA) is 66.0 Å². The minimum absolute atomic E-state index is 0.159. The summed E-state index contributed by atoms with van der Waals surface area (Å²) < 4.78 is 0. The van der Waals surface area contributed by atoms with E-state index in [1.807, 2.05) is 0 Å². The van der Waals surface area contributed by atoms with Gasteiger partial charge in [0.05, 0.1) is 16.4 Å². The van der Waals surface area contributed by atoms with E-state index in [0.29, 0.717) is 16.4 Å². The predicted molar refractivity (Wildman–Crippen MR) is 61.5 cm³/mol. The zero-order valence-corrected chi connectivity index (χ0v) is 8.27. The number of aromatic nitrogens is 2. The van der Waals surface area contributed by atoms with Crippen molar-refractivity contribution in [1.29, 1.82) is 0 Å². The first-order valence-corrected chi connectivity index (χ1v) is 4.85. The van der Waals surface area contributed by atoms with Crippen molar-refractivity contribution in [2.24, 2.45) is 0 Å². The summed E-state index contributed by atoms with van der Waals surface area (Å²) >= 11 is 0. The molecule has 16 heavy (non-hydrogen) atoms. The van der Waals surface area contributed by atoms with Gasteiger partial charge in [0.1, 0.15) is 5.75 Å². The first-order chi connectivity index (χ1) is 7.75. The molecule has 1 aromatic carbocycles. The number of nitrogens with one attached hydrogen (secondary N) is 1. The van der Waals surface area contributed by atoms with Crippen LogP contribution in [-0.2, 0) is 0 Å². The van der Waals surface area contributed by atoms with Crippen LogP contribution in [0.5, 0.6) is 5.75 Å². The smallest absolute Gasteiger partial charge is 0.257 e. The molecule has 78 valence electrons. The summed E-state index contributed by atoms with van der Waals surface area (Å²) in [7, 11) is 0. The standard InChI is InChI=1S/C12H8N2O2/c15-7-3-4-10-9(6-7)11-8(12(16)14-10)2-1-5-13-11/h1-6,15H,(H,14,16). The quantitative estimate of drug-likeness (QED) is 0.558. The molecule has 0 bridgehead atoms. The molecule has 3 aromatic rings. The van der Waals surface area contributed by atoms with Crippen molar-refractivity contribution < 1.29 is 5.11 Å². The normalized spacial score (nSPS) is 11.0. The third-order valence-electron chi connectivity index (χ3n) is 2.56. The first kappa shape index (κ1) is 8.91. The molecule has 0 amide bonds. The Hall–Kier alpha value is -2.36. The van der Waals surface area contributed by atoms with E-state index in [9.17, 15) is 9.90 Å². The van der Waals surface area contributed by atoms with E-state index in [-0.39, 0.29) is 11.3 Å². The zero-order chi connectivity index (χ0) is 11.1. The van der Waals surface area contributed by atoms with Crippen molar-refractivity contribution in [3.63, 3.8) is 0 Å². The van der Waals surface area contributed by atoms with Gasteiger partial charge in [-0.2, -0.15) is 0 Å². The van der Waals surface area contributed by atoms with Crippen molar-refractivity contribution in [3.8, 4) is 5.75 Å². The van der Waals surface area contributed by atoms with Crippen molar-refractivity contribution in [1.82, 2.24) is 9.97 Å². The van der Waals surface area contributed by atoms with Crippen LogP contribution in [-0.4, -0.2) is 15.1 Å². The van der Waals surface area contributed by atoms with Gasteiger partial charge in [0, 0.05) is 11.6 Å². The molecular weight excluding hydrogens is 204 g/mol. The van der Waals surface area contributed by atoms with Gasteiger partial charge in [0.15, 0.2) is 0 Å². The molecule has 0 aliphatic carbocycles. The SMILES string of the molecule is O=c1[nH]c2ccc(O)cc2c2ncccc12. The number of pyridine rings is 2. The van der Waals surface area contributed by atoms with Crippen LogP contribution in [0, 0.1) is 0 Å². The molecule has 0 atom stereocenters. The van der Waals surface area contributed by atoms with E-state index in [1.54, 1.807) is 30.5 Å². The van der Waals surface area contributed by atoms with E-state index in [0.717, 1.165) is 5.39 Å². The second-order valence-corrected chi connectivity index (χ2v) is 3.58. The highest BCUT2D eigenvalue weighted by atomic mass is 16.3. The van der Waals surface area contributed by atoms with Crippen LogP contribution in [0.15, 0.2) is 41.3 Å². The number of phenols is 1. The van der Waals surface area contributed by atoms with Gasteiger partial charge in [0.25, 0.3) is 5.56 Å². The van der Waals surface area contributed by atoms with Crippen LogP contribution < -0.4 is 5.56 Å². The minimum atomic E-state index is -0.165. The lowest BCUT2D eigenvalue weighted by Crippen LogP contribution is -2.06. The number of fused-ring (bicyclic) bond motifs is 3. The maximum absolute atomic E-state index is 11.7. The number of H-pyrrole nitrogens is 1. The Morgan fingerprint density at radius 2 is 2.06 bits per heavy atom. The van der Waals surface area contributed by atoms with Gasteiger partial charge in [-0.15, -0.1) is 0 Å². The van der Waals surface area contributed by atoms with Crippen LogP contribution in [0.1, 0.15) is 0 Å². The van der Waals surface area contributed by atoms with Gasteiger partial charge >= 0.3 is 0 Å². The number of aromatic amines is 1. The lowest BCUT2D eigenvalue weighted by atomic mass is 10.1. The van der Waals surface area contributed by atoms with Crippen LogP contribution in [0.3, 0.4) is 0 Å². The Bertz CT molecular complexity index is 747. The van der Waals surface area contributed by atoms with E-state index < -0.39 is 0 Å². The maximum Gasteiger partial charge on any atom is 0.257 e. The molecule has 0 saturated heterocycles. The summed E-state index contributed by atoms with van der Waals surface area (Å²) in [4.78, 5) is 18.7. The summed E-state index contributed by atoms with van der Waals surface area (Å²) in [6, 6.07) is 8.23. The van der Waals surface area contributed by atoms with E-state index in [1.165, 1.54) is 6.07 Å². The maximum atomic E-state index is 11.7. The highest BCUT2D eigenvalue weighted by molar-refractivity contribution is 6.03. The molecule has 2 aromatic heterocycles. The molecule has 3 rings (SSSR count). The molecule has 2 N–H and O–H groups in total. The summed E-state index contributed by atoms with van der Waals surface area (Å²) in [5, 5.41) is 10.7. The van der Waals surface area contributed by atoms with Crippen molar-refractivity contribution in [2.75, 3.05) is 0 Å². The molecule has 4 heteroatoms. The molecule has 0 unspecified atom stereocenters. The molecule has 4 nitrogen and oxygen atoms in total. The number of hydrogen-bond acceptors (Lipinski definition) is 3. The number of rotatable bonds is 0. The third-order valence-corrected chi connectivity index (χ3v) is 2.56. The fraction of sp³-hybridized carbons (Fsp3) is 0. The zero-order valence-electron chi connectivity index (χ0n) is 8.27. The Kier molecular flexibility index (Phi) is 1.71. The van der Waals surface area contributed by atoms with Crippen LogP contribution in [0.4, 0.5) is 0 Å². The van der Waals surface area contributed by atoms with Gasteiger partial charge in [-0.1, -0.05) is 0 Å². The number of hydrogen-bond donors (Lipinski definition) is 2. The van der Waals surface area contributed by atoms with E-state index in [2.05, 4.69) is 9.97 Å². The molecule has 2 heterocycles. The third kappa shape index (κ3) is 1.16. The summed E-state index contributed by atoms with van der Waals surface area (Å²) in [5.41, 5.74) is 1.12.